The first-order valence-electron chi connectivity index (χ1n) is 6.17. The summed E-state index contributed by atoms with van der Waals surface area (Å²) >= 11 is 0. The third-order valence-corrected chi connectivity index (χ3v) is 3.43. The third-order valence-electron chi connectivity index (χ3n) is 3.43. The molecule has 0 bridgehead atoms. The summed E-state index contributed by atoms with van der Waals surface area (Å²) in [5.74, 6) is 0.228. The minimum Gasteiger partial charge on any atom is -0.472 e. The second-order valence-corrected chi connectivity index (χ2v) is 4.68. The van der Waals surface area contributed by atoms with Gasteiger partial charge in [0.15, 0.2) is 5.78 Å². The maximum Gasteiger partial charge on any atom is 0.154 e. The van der Waals surface area contributed by atoms with Crippen molar-refractivity contribution < 1.29 is 9.21 Å². The van der Waals surface area contributed by atoms with Gasteiger partial charge in [0.2, 0.25) is 0 Å². The van der Waals surface area contributed by atoms with Crippen molar-refractivity contribution in [3.63, 3.8) is 0 Å². The molecule has 1 aromatic heterocycles. The van der Waals surface area contributed by atoms with Crippen LogP contribution in [-0.4, -0.2) is 11.8 Å². The van der Waals surface area contributed by atoms with Crippen LogP contribution in [0.1, 0.15) is 16.7 Å². The molecule has 3 heteroatoms. The zero-order chi connectivity index (χ0) is 12.4. The molecule has 2 aromatic rings. The van der Waals surface area contributed by atoms with E-state index in [2.05, 4.69) is 17.4 Å². The van der Waals surface area contributed by atoms with Crippen molar-refractivity contribution in [1.82, 2.24) is 5.32 Å². The van der Waals surface area contributed by atoms with Crippen LogP contribution in [0.5, 0.6) is 0 Å². The monoisotopic (exact) mass is 241 g/mol. The van der Waals surface area contributed by atoms with Crippen LogP contribution < -0.4 is 5.32 Å². The molecule has 92 valence electrons. The van der Waals surface area contributed by atoms with Gasteiger partial charge >= 0.3 is 0 Å². The fraction of sp³-hybridized carbons (Fsp3) is 0.267. The van der Waals surface area contributed by atoms with E-state index in [1.165, 1.54) is 11.1 Å². The molecule has 0 saturated heterocycles. The minimum atomic E-state index is -0.0743. The Morgan fingerprint density at radius 3 is 2.89 bits per heavy atom. The largest absolute Gasteiger partial charge is 0.472 e. The molecule has 1 N–H and O–H groups in total. The van der Waals surface area contributed by atoms with Gasteiger partial charge in [-0.25, -0.2) is 0 Å². The van der Waals surface area contributed by atoms with Crippen molar-refractivity contribution in [1.29, 1.82) is 0 Å². The van der Waals surface area contributed by atoms with Gasteiger partial charge in [-0.1, -0.05) is 24.3 Å². The van der Waals surface area contributed by atoms with Gasteiger partial charge in [-0.05, 0) is 29.2 Å². The number of hydrogen-bond donors (Lipinski definition) is 1. The first kappa shape index (κ1) is 11.2. The highest BCUT2D eigenvalue weighted by Gasteiger charge is 2.23. The lowest BCUT2D eigenvalue weighted by Crippen LogP contribution is -2.42. The highest BCUT2D eigenvalue weighted by Crippen LogP contribution is 2.17. The quantitative estimate of drug-likeness (QED) is 0.894. The molecule has 0 aliphatic carbocycles. The molecule has 0 saturated carbocycles. The number of rotatable bonds is 3. The Labute approximate surface area is 106 Å². The molecule has 1 aromatic carbocycles. The lowest BCUT2D eigenvalue weighted by molar-refractivity contribution is -0.120. The summed E-state index contributed by atoms with van der Waals surface area (Å²) in [6.07, 6.45) is 4.46. The number of hydrogen-bond acceptors (Lipinski definition) is 3. The van der Waals surface area contributed by atoms with Crippen LogP contribution in [0, 0.1) is 0 Å². The topological polar surface area (TPSA) is 42.2 Å². The van der Waals surface area contributed by atoms with Crippen LogP contribution >= 0.6 is 0 Å². The number of nitrogens with one attached hydrogen (secondary N) is 1. The lowest BCUT2D eigenvalue weighted by Gasteiger charge is -2.24. The Balaban J connectivity index is 1.70. The van der Waals surface area contributed by atoms with E-state index in [0.29, 0.717) is 6.42 Å². The second kappa shape index (κ2) is 4.78. The van der Waals surface area contributed by atoms with Gasteiger partial charge in [-0.3, -0.25) is 4.79 Å². The zero-order valence-corrected chi connectivity index (χ0v) is 10.1. The number of carbonyl (C=O) groups excluding carboxylic acids is 1. The average molecular weight is 241 g/mol. The molecule has 2 heterocycles. The number of fused-ring (bicyclic) bond motifs is 1. The highest BCUT2D eigenvalue weighted by molar-refractivity contribution is 5.86. The van der Waals surface area contributed by atoms with Gasteiger partial charge in [-0.15, -0.1) is 0 Å². The van der Waals surface area contributed by atoms with Crippen molar-refractivity contribution in [2.24, 2.45) is 0 Å². The van der Waals surface area contributed by atoms with Gasteiger partial charge in [0.05, 0.1) is 18.6 Å². The van der Waals surface area contributed by atoms with E-state index in [4.69, 9.17) is 4.42 Å². The van der Waals surface area contributed by atoms with E-state index >= 15 is 0 Å². The normalized spacial score (nSPS) is 18.3. The Kier molecular flexibility index (Phi) is 2.99. The molecule has 0 amide bonds. The van der Waals surface area contributed by atoms with Crippen LogP contribution in [0.3, 0.4) is 0 Å². The summed E-state index contributed by atoms with van der Waals surface area (Å²) in [4.78, 5) is 12.2. The van der Waals surface area contributed by atoms with Crippen molar-refractivity contribution in [2.75, 3.05) is 0 Å². The van der Waals surface area contributed by atoms with Gasteiger partial charge in [0, 0.05) is 13.0 Å². The number of ketones is 1. The van der Waals surface area contributed by atoms with Crippen LogP contribution in [0.15, 0.2) is 47.3 Å². The van der Waals surface area contributed by atoms with Crippen LogP contribution in [0.2, 0.25) is 0 Å². The molecule has 0 spiro atoms. The molecule has 18 heavy (non-hydrogen) atoms. The number of Topliss-reactive ketones (excluding diaryl/α,β-unsaturated/α-hetero) is 1. The summed E-state index contributed by atoms with van der Waals surface area (Å²) in [7, 11) is 0. The molecule has 0 fully saturated rings. The molecule has 0 radical (unpaired) electrons. The van der Waals surface area contributed by atoms with Gasteiger partial charge < -0.3 is 9.73 Å². The van der Waals surface area contributed by atoms with Crippen molar-refractivity contribution in [3.8, 4) is 0 Å². The van der Waals surface area contributed by atoms with Gasteiger partial charge in [-0.2, -0.15) is 0 Å². The Morgan fingerprint density at radius 2 is 2.11 bits per heavy atom. The molecule has 1 atom stereocenters. The average Bonchev–Trinajstić information content (AvgIpc) is 2.91. The summed E-state index contributed by atoms with van der Waals surface area (Å²) in [6, 6.07) is 10.0. The Bertz CT molecular complexity index is 545. The predicted molar refractivity (Wildman–Crippen MR) is 68.2 cm³/mol. The molecular weight excluding hydrogens is 226 g/mol. The third kappa shape index (κ3) is 2.22. The number of benzene rings is 1. The van der Waals surface area contributed by atoms with E-state index in [1.807, 2.05) is 18.2 Å². The second-order valence-electron chi connectivity index (χ2n) is 4.68. The molecule has 1 aliphatic rings. The SMILES string of the molecule is O=C(Cc1ccoc1)C1Cc2ccccc2CN1. The maximum absolute atomic E-state index is 12.2. The zero-order valence-electron chi connectivity index (χ0n) is 10.1. The minimum absolute atomic E-state index is 0.0743. The fourth-order valence-electron chi connectivity index (χ4n) is 2.40. The van der Waals surface area contributed by atoms with Crippen molar-refractivity contribution in [2.45, 2.75) is 25.4 Å². The van der Waals surface area contributed by atoms with E-state index in [9.17, 15) is 4.79 Å². The summed E-state index contributed by atoms with van der Waals surface area (Å²) < 4.78 is 4.99. The standard InChI is InChI=1S/C15H15NO2/c17-15(7-11-5-6-18-10-11)14-8-12-3-1-2-4-13(12)9-16-14/h1-6,10,14,16H,7-9H2. The molecule has 3 rings (SSSR count). The number of carbonyl (C=O) groups is 1. The van der Waals surface area contributed by atoms with E-state index in [-0.39, 0.29) is 11.8 Å². The molecular formula is C15H15NO2. The Morgan fingerprint density at radius 1 is 1.28 bits per heavy atom. The van der Waals surface area contributed by atoms with Crippen LogP contribution in [0.25, 0.3) is 0 Å². The number of furan rings is 1. The van der Waals surface area contributed by atoms with Gasteiger partial charge in [0.25, 0.3) is 0 Å². The first-order chi connectivity index (χ1) is 8.83. The fourth-order valence-corrected chi connectivity index (χ4v) is 2.40. The summed E-state index contributed by atoms with van der Waals surface area (Å²) in [5, 5.41) is 3.31. The summed E-state index contributed by atoms with van der Waals surface area (Å²) in [5.41, 5.74) is 3.52. The smallest absolute Gasteiger partial charge is 0.154 e. The Hall–Kier alpha value is -1.87. The van der Waals surface area contributed by atoms with E-state index in [1.54, 1.807) is 12.5 Å². The van der Waals surface area contributed by atoms with E-state index < -0.39 is 0 Å². The van der Waals surface area contributed by atoms with Gasteiger partial charge in [0.1, 0.15) is 0 Å². The van der Waals surface area contributed by atoms with E-state index in [0.717, 1.165) is 18.5 Å². The summed E-state index contributed by atoms with van der Waals surface area (Å²) in [6.45, 7) is 0.776. The molecule has 3 nitrogen and oxygen atoms in total. The highest BCUT2D eigenvalue weighted by atomic mass is 16.3. The maximum atomic E-state index is 12.2. The molecule has 1 aliphatic heterocycles. The first-order valence-corrected chi connectivity index (χ1v) is 6.17. The van der Waals surface area contributed by atoms with Crippen molar-refractivity contribution >= 4 is 5.78 Å². The van der Waals surface area contributed by atoms with Crippen LogP contribution in [0.4, 0.5) is 0 Å². The molecule has 1 unspecified atom stereocenters. The predicted octanol–water partition coefficient (Wildman–Crippen LogP) is 2.11. The van der Waals surface area contributed by atoms with Crippen LogP contribution in [-0.2, 0) is 24.2 Å². The lowest BCUT2D eigenvalue weighted by atomic mass is 9.92. The van der Waals surface area contributed by atoms with Crippen molar-refractivity contribution in [3.05, 3.63) is 59.5 Å².